The van der Waals surface area contributed by atoms with Crippen molar-refractivity contribution in [1.29, 1.82) is 0 Å². The van der Waals surface area contributed by atoms with Crippen molar-refractivity contribution in [2.75, 3.05) is 13.2 Å². The third kappa shape index (κ3) is 5.24. The number of hydrogen-bond donors (Lipinski definition) is 3. The number of carboxylic acid groups (broad SMARTS) is 1. The van der Waals surface area contributed by atoms with Gasteiger partial charge in [0.1, 0.15) is 6.61 Å². The smallest absolute Gasteiger partial charge is 0.407 e. The molecule has 0 radical (unpaired) electrons. The van der Waals surface area contributed by atoms with Crippen LogP contribution >= 0.6 is 0 Å². The Kier molecular flexibility index (Phi) is 6.91. The molecule has 3 N–H and O–H groups in total. The maximum Gasteiger partial charge on any atom is 0.407 e. The van der Waals surface area contributed by atoms with Crippen molar-refractivity contribution in [2.24, 2.45) is 11.3 Å². The van der Waals surface area contributed by atoms with Crippen LogP contribution in [-0.4, -0.2) is 42.3 Å². The third-order valence-electron chi connectivity index (χ3n) is 6.87. The number of fused-ring (bicyclic) bond motifs is 3. The zero-order valence-electron chi connectivity index (χ0n) is 19.7. The van der Waals surface area contributed by atoms with Gasteiger partial charge in [-0.1, -0.05) is 68.8 Å². The van der Waals surface area contributed by atoms with Crippen LogP contribution in [0.25, 0.3) is 11.1 Å². The van der Waals surface area contributed by atoms with E-state index in [1.54, 1.807) is 0 Å². The number of benzene rings is 2. The lowest BCUT2D eigenvalue weighted by Crippen LogP contribution is -2.43. The summed E-state index contributed by atoms with van der Waals surface area (Å²) >= 11 is 0. The molecule has 34 heavy (non-hydrogen) atoms. The topological polar surface area (TPSA) is 105 Å². The van der Waals surface area contributed by atoms with Crippen molar-refractivity contribution < 1.29 is 24.2 Å². The van der Waals surface area contributed by atoms with Gasteiger partial charge >= 0.3 is 12.1 Å². The molecule has 7 nitrogen and oxygen atoms in total. The van der Waals surface area contributed by atoms with E-state index in [0.717, 1.165) is 17.5 Å². The van der Waals surface area contributed by atoms with Gasteiger partial charge in [0.25, 0.3) is 0 Å². The number of ether oxygens (including phenoxy) is 1. The fourth-order valence-corrected chi connectivity index (χ4v) is 5.14. The molecular weight excluding hydrogens is 432 g/mol. The minimum atomic E-state index is -0.862. The van der Waals surface area contributed by atoms with Crippen LogP contribution in [0.1, 0.15) is 56.6 Å². The Morgan fingerprint density at radius 2 is 1.62 bits per heavy atom. The lowest BCUT2D eigenvalue weighted by molar-refractivity contribution is -0.142. The molecule has 0 unspecified atom stereocenters. The van der Waals surface area contributed by atoms with Gasteiger partial charge in [-0.25, -0.2) is 4.79 Å². The van der Waals surface area contributed by atoms with E-state index in [-0.39, 0.29) is 37.4 Å². The molecule has 2 amide bonds. The first-order valence-electron chi connectivity index (χ1n) is 11.9. The number of aliphatic carboxylic acids is 1. The van der Waals surface area contributed by atoms with Crippen molar-refractivity contribution in [3.05, 3.63) is 59.7 Å². The van der Waals surface area contributed by atoms with Crippen LogP contribution in [0.3, 0.4) is 0 Å². The minimum Gasteiger partial charge on any atom is -0.481 e. The van der Waals surface area contributed by atoms with Gasteiger partial charge in [0.15, 0.2) is 0 Å². The van der Waals surface area contributed by atoms with E-state index >= 15 is 0 Å². The Bertz CT molecular complexity index is 1030. The number of hydrogen-bond acceptors (Lipinski definition) is 4. The van der Waals surface area contributed by atoms with Gasteiger partial charge in [-0.05, 0) is 40.5 Å². The molecule has 2 atom stereocenters. The van der Waals surface area contributed by atoms with Gasteiger partial charge in [-0.15, -0.1) is 0 Å². The highest BCUT2D eigenvalue weighted by molar-refractivity contribution is 5.80. The maximum atomic E-state index is 12.5. The Morgan fingerprint density at radius 3 is 2.24 bits per heavy atom. The first-order valence-corrected chi connectivity index (χ1v) is 11.9. The molecular formula is C27H32N2O5. The quantitative estimate of drug-likeness (QED) is 0.540. The summed E-state index contributed by atoms with van der Waals surface area (Å²) in [5.74, 6) is -1.59. The Morgan fingerprint density at radius 1 is 1.00 bits per heavy atom. The van der Waals surface area contributed by atoms with E-state index < -0.39 is 23.4 Å². The number of carboxylic acids is 1. The molecule has 0 aromatic heterocycles. The second-order valence-electron chi connectivity index (χ2n) is 10.1. The molecule has 180 valence electrons. The molecule has 0 spiro atoms. The lowest BCUT2D eigenvalue weighted by atomic mass is 9.88. The predicted molar refractivity (Wildman–Crippen MR) is 128 cm³/mol. The van der Waals surface area contributed by atoms with Gasteiger partial charge in [-0.3, -0.25) is 9.59 Å². The highest BCUT2D eigenvalue weighted by Gasteiger charge is 2.35. The summed E-state index contributed by atoms with van der Waals surface area (Å²) < 4.78 is 5.57. The summed E-state index contributed by atoms with van der Waals surface area (Å²) in [5, 5.41) is 15.0. The van der Waals surface area contributed by atoms with Crippen LogP contribution < -0.4 is 10.6 Å². The molecule has 7 heteroatoms. The van der Waals surface area contributed by atoms with Gasteiger partial charge in [0.2, 0.25) is 5.91 Å². The minimum absolute atomic E-state index is 0.00877. The summed E-state index contributed by atoms with van der Waals surface area (Å²) in [6.07, 6.45) is 1.74. The summed E-state index contributed by atoms with van der Waals surface area (Å²) in [5.41, 5.74) is 4.14. The fraction of sp³-hybridized carbons (Fsp3) is 0.444. The van der Waals surface area contributed by atoms with Crippen LogP contribution in [0, 0.1) is 11.3 Å². The summed E-state index contributed by atoms with van der Waals surface area (Å²) in [4.78, 5) is 36.3. The first kappa shape index (κ1) is 23.8. The van der Waals surface area contributed by atoms with Crippen LogP contribution in [-0.2, 0) is 14.3 Å². The average molecular weight is 465 g/mol. The summed E-state index contributed by atoms with van der Waals surface area (Å²) in [6, 6.07) is 16.0. The molecule has 2 aromatic carbocycles. The van der Waals surface area contributed by atoms with Crippen molar-refractivity contribution in [2.45, 2.75) is 51.5 Å². The monoisotopic (exact) mass is 464 g/mol. The molecule has 2 aliphatic carbocycles. The molecule has 1 fully saturated rings. The van der Waals surface area contributed by atoms with Gasteiger partial charge < -0.3 is 20.5 Å². The van der Waals surface area contributed by atoms with Gasteiger partial charge in [-0.2, -0.15) is 0 Å². The second-order valence-corrected chi connectivity index (χ2v) is 10.1. The standard InChI is InChI=1S/C27H32N2O5/c1-27(2,14-24(30)29-23-13-7-12-21(23)25(31)32)16-28-26(33)34-15-22-19-10-5-3-8-17(19)18-9-4-6-11-20(18)22/h3-6,8-11,21-23H,7,12-16H2,1-2H3,(H,28,33)(H,29,30)(H,31,32)/t21-,23+/m1/s1. The number of nitrogens with one attached hydrogen (secondary N) is 2. The van der Waals surface area contributed by atoms with Crippen LogP contribution in [0.4, 0.5) is 4.79 Å². The van der Waals surface area contributed by atoms with Crippen molar-refractivity contribution >= 4 is 18.0 Å². The van der Waals surface area contributed by atoms with Crippen molar-refractivity contribution in [3.63, 3.8) is 0 Å². The predicted octanol–water partition coefficient (Wildman–Crippen LogP) is 4.31. The van der Waals surface area contributed by atoms with Crippen molar-refractivity contribution in [3.8, 4) is 11.1 Å². The molecule has 1 saturated carbocycles. The number of carbonyl (C=O) groups excluding carboxylic acids is 2. The number of alkyl carbamates (subject to hydrolysis) is 1. The van der Waals surface area contributed by atoms with Crippen molar-refractivity contribution in [1.82, 2.24) is 10.6 Å². The van der Waals surface area contributed by atoms with Gasteiger partial charge in [0.05, 0.1) is 5.92 Å². The summed E-state index contributed by atoms with van der Waals surface area (Å²) in [6.45, 7) is 4.28. The van der Waals surface area contributed by atoms with Crippen LogP contribution in [0.5, 0.6) is 0 Å². The average Bonchev–Trinajstić information content (AvgIpc) is 3.38. The normalized spacial score (nSPS) is 19.2. The first-order chi connectivity index (χ1) is 16.2. The van der Waals surface area contributed by atoms with Crippen LogP contribution in [0.2, 0.25) is 0 Å². The zero-order valence-corrected chi connectivity index (χ0v) is 19.7. The largest absolute Gasteiger partial charge is 0.481 e. The molecule has 0 heterocycles. The maximum absolute atomic E-state index is 12.5. The van der Waals surface area contributed by atoms with Crippen LogP contribution in [0.15, 0.2) is 48.5 Å². The Balaban J connectivity index is 1.27. The Labute approximate surface area is 199 Å². The molecule has 0 saturated heterocycles. The Hall–Kier alpha value is -3.35. The zero-order chi connectivity index (χ0) is 24.3. The third-order valence-corrected chi connectivity index (χ3v) is 6.87. The lowest BCUT2D eigenvalue weighted by Gasteiger charge is -2.26. The van der Waals surface area contributed by atoms with E-state index in [1.165, 1.54) is 11.1 Å². The molecule has 0 aliphatic heterocycles. The van der Waals surface area contributed by atoms with E-state index in [0.29, 0.717) is 12.8 Å². The van der Waals surface area contributed by atoms with E-state index in [1.807, 2.05) is 38.1 Å². The second kappa shape index (κ2) is 9.87. The molecule has 2 aliphatic rings. The van der Waals surface area contributed by atoms with Gasteiger partial charge in [0, 0.05) is 24.9 Å². The number of amides is 2. The number of rotatable bonds is 8. The number of carbonyl (C=O) groups is 3. The molecule has 4 rings (SSSR count). The van der Waals surface area contributed by atoms with E-state index in [9.17, 15) is 19.5 Å². The summed E-state index contributed by atoms with van der Waals surface area (Å²) in [7, 11) is 0. The van der Waals surface area contributed by atoms with E-state index in [4.69, 9.17) is 4.74 Å². The molecule has 2 aromatic rings. The fourth-order valence-electron chi connectivity index (χ4n) is 5.14. The molecule has 0 bridgehead atoms. The SMILES string of the molecule is CC(C)(CNC(=O)OCC1c2ccccc2-c2ccccc21)CC(=O)N[C@H]1CCC[C@H]1C(=O)O. The highest BCUT2D eigenvalue weighted by Crippen LogP contribution is 2.44. The highest BCUT2D eigenvalue weighted by atomic mass is 16.5. The van der Waals surface area contributed by atoms with E-state index in [2.05, 4.69) is 34.9 Å².